The Morgan fingerprint density at radius 3 is 2.52 bits per heavy atom. The van der Waals surface area contributed by atoms with E-state index in [-0.39, 0.29) is 29.9 Å². The van der Waals surface area contributed by atoms with Gasteiger partial charge in [-0.05, 0) is 31.0 Å². The number of ether oxygens (including phenoxy) is 1. The molecule has 0 aliphatic carbocycles. The Bertz CT molecular complexity index is 1680. The molecule has 9 nitrogen and oxygen atoms in total. The van der Waals surface area contributed by atoms with Crippen LogP contribution in [0.2, 0.25) is 0 Å². The summed E-state index contributed by atoms with van der Waals surface area (Å²) < 4.78 is 36.3. The van der Waals surface area contributed by atoms with E-state index in [1.807, 2.05) is 55.4 Å². The van der Waals surface area contributed by atoms with E-state index in [2.05, 4.69) is 9.62 Å². The first kappa shape index (κ1) is 28.2. The standard InChI is InChI=1S/C29H35N5O4S2/c1-18(35)29-28(31)27-24(16-20(17-25(27)39-29)34-13-10-19(30)11-14-34)38-15-12-32-40(36,37)26-9-5-6-21-22(26)7-4-8-23(21)33(2)3/h4-9,16-17,19,32H,10-15,30-31H2,1-3H3. The first-order chi connectivity index (χ1) is 19.1. The normalized spacial score (nSPS) is 14.7. The highest BCUT2D eigenvalue weighted by molar-refractivity contribution is 7.89. The van der Waals surface area contributed by atoms with Crippen LogP contribution in [0, 0.1) is 0 Å². The van der Waals surface area contributed by atoms with E-state index < -0.39 is 10.0 Å². The minimum absolute atomic E-state index is 0.0555. The summed E-state index contributed by atoms with van der Waals surface area (Å²) in [5.41, 5.74) is 14.8. The fraction of sp³-hybridized carbons (Fsp3) is 0.345. The predicted octanol–water partition coefficient (Wildman–Crippen LogP) is 4.19. The Hall–Kier alpha value is -3.38. The lowest BCUT2D eigenvalue weighted by Gasteiger charge is -2.32. The molecule has 4 aromatic rings. The van der Waals surface area contributed by atoms with Gasteiger partial charge in [0.2, 0.25) is 10.0 Å². The second-order valence-corrected chi connectivity index (χ2v) is 13.1. The van der Waals surface area contributed by atoms with Crippen LogP contribution in [0.4, 0.5) is 17.1 Å². The quantitative estimate of drug-likeness (QED) is 0.198. The first-order valence-electron chi connectivity index (χ1n) is 13.3. The number of fused-ring (bicyclic) bond motifs is 2. The Kier molecular flexibility index (Phi) is 7.92. The van der Waals surface area contributed by atoms with Crippen molar-refractivity contribution in [3.63, 3.8) is 0 Å². The van der Waals surface area contributed by atoms with Gasteiger partial charge in [-0.15, -0.1) is 11.3 Å². The average Bonchev–Trinajstić information content (AvgIpc) is 3.27. The van der Waals surface area contributed by atoms with Crippen molar-refractivity contribution in [1.82, 2.24) is 4.72 Å². The minimum Gasteiger partial charge on any atom is -0.491 e. The summed E-state index contributed by atoms with van der Waals surface area (Å²) >= 11 is 1.35. The summed E-state index contributed by atoms with van der Waals surface area (Å²) in [5, 5.41) is 2.19. The Labute approximate surface area is 238 Å². The third kappa shape index (κ3) is 5.46. The number of piperidine rings is 1. The van der Waals surface area contributed by atoms with Gasteiger partial charge in [0.1, 0.15) is 12.4 Å². The van der Waals surface area contributed by atoms with Gasteiger partial charge in [-0.2, -0.15) is 0 Å². The van der Waals surface area contributed by atoms with Crippen LogP contribution in [-0.4, -0.2) is 60.6 Å². The lowest BCUT2D eigenvalue weighted by Crippen LogP contribution is -2.39. The molecular formula is C29H35N5O4S2. The second kappa shape index (κ2) is 11.2. The number of nitrogens with one attached hydrogen (secondary N) is 1. The van der Waals surface area contributed by atoms with Crippen LogP contribution in [0.5, 0.6) is 5.75 Å². The fourth-order valence-corrected chi connectivity index (χ4v) is 7.52. The number of hydrogen-bond donors (Lipinski definition) is 3. The predicted molar refractivity (Wildman–Crippen MR) is 165 cm³/mol. The van der Waals surface area contributed by atoms with Crippen molar-refractivity contribution >= 4 is 65.1 Å². The van der Waals surface area contributed by atoms with Crippen molar-refractivity contribution in [2.75, 3.05) is 55.9 Å². The molecule has 0 bridgehead atoms. The average molecular weight is 582 g/mol. The summed E-state index contributed by atoms with van der Waals surface area (Å²) in [6, 6.07) is 15.1. The summed E-state index contributed by atoms with van der Waals surface area (Å²) in [5.74, 6) is 0.430. The van der Waals surface area contributed by atoms with E-state index in [9.17, 15) is 13.2 Å². The van der Waals surface area contributed by atoms with Gasteiger partial charge in [-0.1, -0.05) is 24.3 Å². The van der Waals surface area contributed by atoms with Gasteiger partial charge >= 0.3 is 0 Å². The lowest BCUT2D eigenvalue weighted by molar-refractivity contribution is 0.102. The molecule has 0 unspecified atom stereocenters. The van der Waals surface area contributed by atoms with E-state index >= 15 is 0 Å². The third-order valence-electron chi connectivity index (χ3n) is 7.28. The number of ketones is 1. The molecule has 212 valence electrons. The molecule has 40 heavy (non-hydrogen) atoms. The van der Waals surface area contributed by atoms with Crippen LogP contribution >= 0.6 is 11.3 Å². The summed E-state index contributed by atoms with van der Waals surface area (Å²) in [4.78, 5) is 17.1. The summed E-state index contributed by atoms with van der Waals surface area (Å²) in [7, 11) is 0.0478. The molecule has 5 N–H and O–H groups in total. The number of Topliss-reactive ketones (excluding diaryl/α,β-unsaturated/α-hetero) is 1. The maximum absolute atomic E-state index is 13.3. The molecule has 0 atom stereocenters. The van der Waals surface area contributed by atoms with E-state index in [1.54, 1.807) is 12.1 Å². The zero-order valence-corrected chi connectivity index (χ0v) is 24.6. The van der Waals surface area contributed by atoms with Crippen LogP contribution in [0.1, 0.15) is 29.4 Å². The monoisotopic (exact) mass is 581 g/mol. The van der Waals surface area contributed by atoms with E-state index in [0.29, 0.717) is 27.1 Å². The molecule has 3 aromatic carbocycles. The molecule has 0 saturated carbocycles. The maximum atomic E-state index is 13.3. The van der Waals surface area contributed by atoms with Crippen LogP contribution in [-0.2, 0) is 10.0 Å². The van der Waals surface area contributed by atoms with Crippen molar-refractivity contribution in [3.05, 3.63) is 53.4 Å². The minimum atomic E-state index is -3.81. The molecule has 2 heterocycles. The van der Waals surface area contributed by atoms with Crippen LogP contribution in [0.3, 0.4) is 0 Å². The Balaban J connectivity index is 1.38. The van der Waals surface area contributed by atoms with Crippen molar-refractivity contribution in [2.24, 2.45) is 5.73 Å². The molecule has 0 radical (unpaired) electrons. The molecule has 1 aliphatic rings. The van der Waals surface area contributed by atoms with E-state index in [1.165, 1.54) is 18.3 Å². The van der Waals surface area contributed by atoms with Gasteiger partial charge in [0, 0.05) is 79.6 Å². The smallest absolute Gasteiger partial charge is 0.241 e. The van der Waals surface area contributed by atoms with Crippen LogP contribution in [0.15, 0.2) is 53.4 Å². The number of carbonyl (C=O) groups is 1. The zero-order valence-electron chi connectivity index (χ0n) is 22.9. The Morgan fingerprint density at radius 2 is 1.82 bits per heavy atom. The summed E-state index contributed by atoms with van der Waals surface area (Å²) in [6.07, 6.45) is 1.79. The molecule has 1 fully saturated rings. The van der Waals surface area contributed by atoms with Crippen LogP contribution < -0.4 is 30.7 Å². The zero-order chi connectivity index (χ0) is 28.6. The molecule has 1 saturated heterocycles. The molecular weight excluding hydrogens is 546 g/mol. The number of hydrogen-bond acceptors (Lipinski definition) is 9. The molecule has 1 aliphatic heterocycles. The highest BCUT2D eigenvalue weighted by Crippen LogP contribution is 2.43. The highest BCUT2D eigenvalue weighted by Gasteiger charge is 2.23. The number of nitrogens with two attached hydrogens (primary N) is 2. The largest absolute Gasteiger partial charge is 0.491 e. The number of nitrogens with zero attached hydrogens (tertiary/aromatic N) is 2. The molecule has 5 rings (SSSR count). The highest BCUT2D eigenvalue weighted by atomic mass is 32.2. The molecule has 1 aromatic heterocycles. The molecule has 11 heteroatoms. The number of sulfonamides is 1. The number of anilines is 3. The third-order valence-corrected chi connectivity index (χ3v) is 10.1. The van der Waals surface area contributed by atoms with Gasteiger partial charge < -0.3 is 26.0 Å². The number of nitrogen functional groups attached to an aromatic ring is 1. The number of rotatable bonds is 9. The molecule has 0 amide bonds. The van der Waals surface area contributed by atoms with Crippen molar-refractivity contribution in [1.29, 1.82) is 0 Å². The van der Waals surface area contributed by atoms with Crippen molar-refractivity contribution in [2.45, 2.75) is 30.7 Å². The van der Waals surface area contributed by atoms with E-state index in [0.717, 1.165) is 47.4 Å². The fourth-order valence-electron chi connectivity index (χ4n) is 5.22. The molecule has 0 spiro atoms. The van der Waals surface area contributed by atoms with Gasteiger partial charge in [-0.3, -0.25) is 4.79 Å². The number of benzene rings is 3. The Morgan fingerprint density at radius 1 is 1.12 bits per heavy atom. The summed E-state index contributed by atoms with van der Waals surface area (Å²) in [6.45, 7) is 3.29. The van der Waals surface area contributed by atoms with Gasteiger partial charge in [-0.25, -0.2) is 13.1 Å². The SMILES string of the molecule is CC(=O)c1sc2cc(N3CCC(N)CC3)cc(OCCNS(=O)(=O)c3cccc4c(N(C)C)cccc34)c2c1N. The van der Waals surface area contributed by atoms with E-state index in [4.69, 9.17) is 16.2 Å². The van der Waals surface area contributed by atoms with Crippen molar-refractivity contribution in [3.8, 4) is 5.75 Å². The van der Waals surface area contributed by atoms with Gasteiger partial charge in [0.25, 0.3) is 0 Å². The van der Waals surface area contributed by atoms with Gasteiger partial charge in [0.05, 0.1) is 20.8 Å². The first-order valence-corrected chi connectivity index (χ1v) is 15.6. The van der Waals surface area contributed by atoms with Crippen LogP contribution in [0.25, 0.3) is 20.9 Å². The number of thiophene rings is 1. The maximum Gasteiger partial charge on any atom is 0.241 e. The number of carbonyl (C=O) groups excluding carboxylic acids is 1. The van der Waals surface area contributed by atoms with Gasteiger partial charge in [0.15, 0.2) is 5.78 Å². The lowest BCUT2D eigenvalue weighted by atomic mass is 10.0. The second-order valence-electron chi connectivity index (χ2n) is 10.3. The van der Waals surface area contributed by atoms with Crippen molar-refractivity contribution < 1.29 is 17.9 Å². The topological polar surface area (TPSA) is 131 Å².